The number of imidazole rings is 1. The van der Waals surface area contributed by atoms with Crippen molar-refractivity contribution in [2.24, 2.45) is 17.8 Å². The smallest absolute Gasteiger partial charge is 0.225 e. The third-order valence-electron chi connectivity index (χ3n) is 5.70. The minimum absolute atomic E-state index is 0.221. The molecule has 1 saturated carbocycles. The van der Waals surface area contributed by atoms with Crippen molar-refractivity contribution >= 4 is 5.91 Å². The Morgan fingerprint density at radius 3 is 3.04 bits per heavy atom. The normalized spacial score (nSPS) is 36.5. The number of ether oxygens (including phenoxy) is 2. The van der Waals surface area contributed by atoms with Crippen LogP contribution < -0.4 is 0 Å². The fourth-order valence-corrected chi connectivity index (χ4v) is 4.42. The number of hydrogen-bond acceptors (Lipinski definition) is 4. The summed E-state index contributed by atoms with van der Waals surface area (Å²) in [6.45, 7) is 6.44. The quantitative estimate of drug-likeness (QED) is 0.842. The average Bonchev–Trinajstić information content (AvgIpc) is 3.12. The zero-order chi connectivity index (χ0) is 16.6. The van der Waals surface area contributed by atoms with Crippen molar-refractivity contribution in [1.82, 2.24) is 14.5 Å². The Labute approximate surface area is 143 Å². The van der Waals surface area contributed by atoms with E-state index in [-0.39, 0.29) is 11.5 Å². The zero-order valence-corrected chi connectivity index (χ0v) is 14.4. The van der Waals surface area contributed by atoms with Crippen LogP contribution in [-0.2, 0) is 20.8 Å². The molecule has 1 aromatic rings. The third kappa shape index (κ3) is 3.22. The molecule has 1 aromatic heterocycles. The fourth-order valence-electron chi connectivity index (χ4n) is 4.42. The number of rotatable bonds is 3. The van der Waals surface area contributed by atoms with Gasteiger partial charge in [-0.3, -0.25) is 4.79 Å². The van der Waals surface area contributed by atoms with E-state index in [0.29, 0.717) is 44.0 Å². The molecule has 4 rings (SSSR count). The summed E-state index contributed by atoms with van der Waals surface area (Å²) in [5.74, 6) is 1.66. The van der Waals surface area contributed by atoms with E-state index in [4.69, 9.17) is 9.47 Å². The molecule has 0 bridgehead atoms. The van der Waals surface area contributed by atoms with Crippen molar-refractivity contribution in [3.63, 3.8) is 0 Å². The van der Waals surface area contributed by atoms with Crippen LogP contribution in [0.5, 0.6) is 0 Å². The van der Waals surface area contributed by atoms with Gasteiger partial charge in [0.15, 0.2) is 0 Å². The van der Waals surface area contributed by atoms with Crippen LogP contribution in [-0.4, -0.2) is 58.9 Å². The van der Waals surface area contributed by atoms with E-state index >= 15 is 0 Å². The Morgan fingerprint density at radius 1 is 1.42 bits per heavy atom. The fraction of sp³-hybridized carbons (Fsp3) is 0.778. The number of amides is 1. The van der Waals surface area contributed by atoms with Gasteiger partial charge in [0, 0.05) is 37.3 Å². The van der Waals surface area contributed by atoms with Crippen LogP contribution in [0.2, 0.25) is 0 Å². The molecular formula is C18H27N3O3. The summed E-state index contributed by atoms with van der Waals surface area (Å²) in [6.07, 6.45) is 8.65. The van der Waals surface area contributed by atoms with Gasteiger partial charge in [-0.05, 0) is 25.2 Å². The van der Waals surface area contributed by atoms with Crippen LogP contribution in [0.25, 0.3) is 0 Å². The topological polar surface area (TPSA) is 56.6 Å². The van der Waals surface area contributed by atoms with Gasteiger partial charge in [0.05, 0.1) is 32.7 Å². The molecule has 3 fully saturated rings. The molecule has 24 heavy (non-hydrogen) atoms. The first-order chi connectivity index (χ1) is 11.6. The van der Waals surface area contributed by atoms with Gasteiger partial charge in [0.2, 0.25) is 5.91 Å². The van der Waals surface area contributed by atoms with Crippen molar-refractivity contribution in [2.45, 2.75) is 38.3 Å². The maximum absolute atomic E-state index is 12.8. The summed E-state index contributed by atoms with van der Waals surface area (Å²) >= 11 is 0. The highest BCUT2D eigenvalue weighted by molar-refractivity contribution is 5.79. The molecule has 2 unspecified atom stereocenters. The van der Waals surface area contributed by atoms with Gasteiger partial charge in [-0.2, -0.15) is 0 Å². The van der Waals surface area contributed by atoms with Crippen molar-refractivity contribution in [3.05, 3.63) is 18.7 Å². The summed E-state index contributed by atoms with van der Waals surface area (Å²) in [6, 6.07) is 0. The monoisotopic (exact) mass is 333 g/mol. The van der Waals surface area contributed by atoms with E-state index in [1.807, 2.05) is 17.4 Å². The molecule has 0 N–H and O–H groups in total. The van der Waals surface area contributed by atoms with E-state index in [1.165, 1.54) is 0 Å². The second kappa shape index (κ2) is 6.48. The lowest BCUT2D eigenvalue weighted by Gasteiger charge is -2.38. The molecule has 2 aliphatic heterocycles. The lowest BCUT2D eigenvalue weighted by Crippen LogP contribution is -2.49. The van der Waals surface area contributed by atoms with E-state index < -0.39 is 0 Å². The van der Waals surface area contributed by atoms with Gasteiger partial charge in [-0.15, -0.1) is 0 Å². The number of carbonyl (C=O) groups excluding carboxylic acids is 1. The standard InChI is InChI=1S/C18H27N3O3/c1-14-6-16(7-14)17(22)21-4-5-23-12-18(11-21)8-15(10-24-18)9-20-3-2-19-13-20/h2-3,13-16H,4-12H2,1H3. The predicted octanol–water partition coefficient (Wildman–Crippen LogP) is 1.56. The second-order valence-electron chi connectivity index (χ2n) is 7.91. The largest absolute Gasteiger partial charge is 0.377 e. The molecule has 1 aliphatic carbocycles. The van der Waals surface area contributed by atoms with Gasteiger partial charge in [-0.1, -0.05) is 6.92 Å². The van der Waals surface area contributed by atoms with Gasteiger partial charge in [0.25, 0.3) is 0 Å². The molecule has 6 heteroatoms. The minimum atomic E-state index is -0.327. The third-order valence-corrected chi connectivity index (χ3v) is 5.70. The van der Waals surface area contributed by atoms with Crippen molar-refractivity contribution in [1.29, 1.82) is 0 Å². The lowest BCUT2D eigenvalue weighted by molar-refractivity contribution is -0.142. The highest BCUT2D eigenvalue weighted by Gasteiger charge is 2.45. The Bertz CT molecular complexity index is 570. The molecule has 6 nitrogen and oxygen atoms in total. The van der Waals surface area contributed by atoms with Gasteiger partial charge >= 0.3 is 0 Å². The number of carbonyl (C=O) groups is 1. The Kier molecular flexibility index (Phi) is 4.35. The molecule has 3 heterocycles. The van der Waals surface area contributed by atoms with Crippen LogP contribution in [0.1, 0.15) is 26.2 Å². The molecule has 1 amide bonds. The second-order valence-corrected chi connectivity index (χ2v) is 7.91. The van der Waals surface area contributed by atoms with Crippen molar-refractivity contribution in [3.8, 4) is 0 Å². The van der Waals surface area contributed by atoms with E-state index in [9.17, 15) is 4.79 Å². The van der Waals surface area contributed by atoms with E-state index in [1.54, 1.807) is 6.20 Å². The van der Waals surface area contributed by atoms with Gasteiger partial charge in [-0.25, -0.2) is 4.98 Å². The maximum Gasteiger partial charge on any atom is 0.225 e. The Morgan fingerprint density at radius 2 is 2.29 bits per heavy atom. The first kappa shape index (κ1) is 16.1. The number of aromatic nitrogens is 2. The molecule has 2 saturated heterocycles. The summed E-state index contributed by atoms with van der Waals surface area (Å²) in [5.41, 5.74) is -0.327. The van der Waals surface area contributed by atoms with Gasteiger partial charge in [0.1, 0.15) is 5.60 Å². The Balaban J connectivity index is 1.39. The SMILES string of the molecule is CC1CC(C(=O)N2CCOCC3(CC(Cn4ccnc4)CO3)C2)C1. The van der Waals surface area contributed by atoms with Crippen molar-refractivity contribution < 1.29 is 14.3 Å². The molecule has 1 spiro atoms. The number of nitrogens with zero attached hydrogens (tertiary/aromatic N) is 3. The zero-order valence-electron chi connectivity index (χ0n) is 14.4. The van der Waals surface area contributed by atoms with Crippen LogP contribution in [0.15, 0.2) is 18.7 Å². The van der Waals surface area contributed by atoms with Crippen LogP contribution in [0.3, 0.4) is 0 Å². The highest BCUT2D eigenvalue weighted by atomic mass is 16.5. The lowest BCUT2D eigenvalue weighted by atomic mass is 9.75. The first-order valence-corrected chi connectivity index (χ1v) is 9.10. The molecule has 2 atom stereocenters. The van der Waals surface area contributed by atoms with Gasteiger partial charge < -0.3 is 18.9 Å². The van der Waals surface area contributed by atoms with Crippen LogP contribution in [0.4, 0.5) is 0 Å². The first-order valence-electron chi connectivity index (χ1n) is 9.10. The number of hydrogen-bond donors (Lipinski definition) is 0. The molecule has 0 radical (unpaired) electrons. The summed E-state index contributed by atoms with van der Waals surface area (Å²) in [4.78, 5) is 18.9. The highest BCUT2D eigenvalue weighted by Crippen LogP contribution is 2.37. The average molecular weight is 333 g/mol. The Hall–Kier alpha value is -1.40. The minimum Gasteiger partial charge on any atom is -0.377 e. The molecule has 3 aliphatic rings. The summed E-state index contributed by atoms with van der Waals surface area (Å²) < 4.78 is 14.1. The van der Waals surface area contributed by atoms with Crippen LogP contribution in [0, 0.1) is 17.8 Å². The van der Waals surface area contributed by atoms with E-state index in [0.717, 1.165) is 32.4 Å². The van der Waals surface area contributed by atoms with Crippen molar-refractivity contribution in [2.75, 3.05) is 32.9 Å². The predicted molar refractivity (Wildman–Crippen MR) is 88.3 cm³/mol. The molecule has 132 valence electrons. The van der Waals surface area contributed by atoms with Crippen LogP contribution >= 0.6 is 0 Å². The maximum atomic E-state index is 12.8. The van der Waals surface area contributed by atoms with E-state index in [2.05, 4.69) is 16.5 Å². The molecule has 0 aromatic carbocycles. The molecular weight excluding hydrogens is 306 g/mol. The summed E-state index contributed by atoms with van der Waals surface area (Å²) in [5, 5.41) is 0. The summed E-state index contributed by atoms with van der Waals surface area (Å²) in [7, 11) is 0.